The lowest BCUT2D eigenvalue weighted by atomic mass is 9.58. The number of amides is 3. The van der Waals surface area contributed by atoms with E-state index < -0.39 is 5.54 Å². The molecule has 1 aromatic rings. The Kier molecular flexibility index (Phi) is 3.21. The minimum Gasteiger partial charge on any atom is -0.323 e. The number of benzene rings is 1. The van der Waals surface area contributed by atoms with Gasteiger partial charge in [-0.2, -0.15) is 0 Å². The Bertz CT molecular complexity index is 600. The van der Waals surface area contributed by atoms with Crippen LogP contribution in [0.4, 0.5) is 4.79 Å². The molecule has 0 aromatic heterocycles. The van der Waals surface area contributed by atoms with Crippen molar-refractivity contribution in [1.82, 2.24) is 10.6 Å². The summed E-state index contributed by atoms with van der Waals surface area (Å²) in [4.78, 5) is 24.4. The summed E-state index contributed by atoms with van der Waals surface area (Å²) in [6.07, 6.45) is 6.80. The van der Waals surface area contributed by atoms with Gasteiger partial charge in [0, 0.05) is 5.92 Å². The van der Waals surface area contributed by atoms with E-state index in [0.717, 1.165) is 12.8 Å². The van der Waals surface area contributed by atoms with Gasteiger partial charge in [-0.25, -0.2) is 4.79 Å². The highest BCUT2D eigenvalue weighted by atomic mass is 16.2. The summed E-state index contributed by atoms with van der Waals surface area (Å²) in [6.45, 7) is 0. The Morgan fingerprint density at radius 2 is 1.73 bits per heavy atom. The number of imide groups is 1. The molecule has 1 aromatic carbocycles. The first-order chi connectivity index (χ1) is 10.7. The van der Waals surface area contributed by atoms with Gasteiger partial charge in [-0.05, 0) is 30.2 Å². The fourth-order valence-electron chi connectivity index (χ4n) is 4.92. The molecule has 0 unspecified atom stereocenters. The van der Waals surface area contributed by atoms with Gasteiger partial charge >= 0.3 is 6.03 Å². The van der Waals surface area contributed by atoms with E-state index in [1.165, 1.54) is 31.2 Å². The highest BCUT2D eigenvalue weighted by Gasteiger charge is 2.57. The SMILES string of the molecule is O=C1NC(=O)[C@@]2(C[C@H]3CCCC[C@@H]3C[C@@H]2c2ccccc2)N1. The molecule has 1 heterocycles. The number of fused-ring (bicyclic) bond motifs is 1. The molecule has 1 saturated heterocycles. The van der Waals surface area contributed by atoms with Crippen molar-refractivity contribution < 1.29 is 9.59 Å². The molecule has 4 heteroatoms. The van der Waals surface area contributed by atoms with Gasteiger partial charge in [0.2, 0.25) is 0 Å². The first-order valence-corrected chi connectivity index (χ1v) is 8.37. The molecule has 4 nitrogen and oxygen atoms in total. The second-order valence-corrected chi connectivity index (χ2v) is 7.09. The molecule has 22 heavy (non-hydrogen) atoms. The lowest BCUT2D eigenvalue weighted by Crippen LogP contribution is -2.57. The number of nitrogens with one attached hydrogen (secondary N) is 2. The van der Waals surface area contributed by atoms with E-state index in [0.29, 0.717) is 11.8 Å². The summed E-state index contributed by atoms with van der Waals surface area (Å²) in [5, 5.41) is 5.48. The number of carbonyl (C=O) groups excluding carboxylic acids is 2. The smallest absolute Gasteiger partial charge is 0.322 e. The Morgan fingerprint density at radius 3 is 2.41 bits per heavy atom. The van der Waals surface area contributed by atoms with E-state index in [1.54, 1.807) is 0 Å². The van der Waals surface area contributed by atoms with Crippen molar-refractivity contribution in [3.63, 3.8) is 0 Å². The van der Waals surface area contributed by atoms with E-state index in [4.69, 9.17) is 0 Å². The van der Waals surface area contributed by atoms with E-state index >= 15 is 0 Å². The largest absolute Gasteiger partial charge is 0.323 e. The maximum absolute atomic E-state index is 12.6. The topological polar surface area (TPSA) is 58.2 Å². The lowest BCUT2D eigenvalue weighted by molar-refractivity contribution is -0.127. The van der Waals surface area contributed by atoms with Crippen LogP contribution >= 0.6 is 0 Å². The molecule has 1 spiro atoms. The maximum atomic E-state index is 12.6. The lowest BCUT2D eigenvalue weighted by Gasteiger charge is -2.48. The number of urea groups is 1. The molecule has 2 aliphatic carbocycles. The third-order valence-corrected chi connectivity index (χ3v) is 5.95. The van der Waals surface area contributed by atoms with Crippen molar-refractivity contribution in [2.75, 3.05) is 0 Å². The highest BCUT2D eigenvalue weighted by molar-refractivity contribution is 6.07. The zero-order valence-electron chi connectivity index (χ0n) is 12.7. The van der Waals surface area contributed by atoms with E-state index in [1.807, 2.05) is 18.2 Å². The summed E-state index contributed by atoms with van der Waals surface area (Å²) >= 11 is 0. The van der Waals surface area contributed by atoms with E-state index in [-0.39, 0.29) is 17.9 Å². The number of hydrogen-bond acceptors (Lipinski definition) is 2. The first-order valence-electron chi connectivity index (χ1n) is 8.37. The van der Waals surface area contributed by atoms with Gasteiger partial charge in [0.05, 0.1) is 0 Å². The minimum atomic E-state index is -0.739. The van der Waals surface area contributed by atoms with Crippen molar-refractivity contribution >= 4 is 11.9 Å². The van der Waals surface area contributed by atoms with Gasteiger partial charge in [0.1, 0.15) is 5.54 Å². The Labute approximate surface area is 130 Å². The molecule has 3 aliphatic rings. The van der Waals surface area contributed by atoms with Crippen LogP contribution in [-0.2, 0) is 4.79 Å². The van der Waals surface area contributed by atoms with E-state index in [2.05, 4.69) is 22.8 Å². The minimum absolute atomic E-state index is 0.0829. The van der Waals surface area contributed by atoms with Crippen LogP contribution in [0.5, 0.6) is 0 Å². The van der Waals surface area contributed by atoms with E-state index in [9.17, 15) is 9.59 Å². The van der Waals surface area contributed by atoms with Gasteiger partial charge < -0.3 is 5.32 Å². The summed E-state index contributed by atoms with van der Waals surface area (Å²) < 4.78 is 0. The summed E-state index contributed by atoms with van der Waals surface area (Å²) in [5.41, 5.74) is 0.431. The summed E-state index contributed by atoms with van der Waals surface area (Å²) in [5.74, 6) is 1.21. The molecule has 4 rings (SSSR count). The molecule has 116 valence electrons. The number of hydrogen-bond donors (Lipinski definition) is 2. The molecule has 2 N–H and O–H groups in total. The van der Waals surface area contributed by atoms with Crippen LogP contribution in [0.3, 0.4) is 0 Å². The van der Waals surface area contributed by atoms with Crippen LogP contribution < -0.4 is 10.6 Å². The standard InChI is InChI=1S/C18H22N2O2/c21-16-18(20-17(22)19-16)11-14-9-5-4-8-13(14)10-15(18)12-6-2-1-3-7-12/h1-3,6-7,13-15H,4-5,8-11H2,(H2,19,20,21,22)/t13-,14-,15-,18+/m1/s1. The molecular weight excluding hydrogens is 276 g/mol. The first kappa shape index (κ1) is 13.8. The second-order valence-electron chi connectivity index (χ2n) is 7.09. The number of carbonyl (C=O) groups is 2. The second kappa shape index (κ2) is 5.11. The average Bonchev–Trinajstić information content (AvgIpc) is 2.81. The summed E-state index contributed by atoms with van der Waals surface area (Å²) in [7, 11) is 0. The van der Waals surface area contributed by atoms with Gasteiger partial charge in [0.15, 0.2) is 0 Å². The number of rotatable bonds is 1. The predicted octanol–water partition coefficient (Wildman–Crippen LogP) is 2.95. The predicted molar refractivity (Wildman–Crippen MR) is 83.3 cm³/mol. The van der Waals surface area contributed by atoms with Gasteiger partial charge in [-0.15, -0.1) is 0 Å². The molecular formula is C18H22N2O2. The zero-order valence-corrected chi connectivity index (χ0v) is 12.7. The molecule has 4 atom stereocenters. The van der Waals surface area contributed by atoms with Gasteiger partial charge in [-0.3, -0.25) is 10.1 Å². The van der Waals surface area contributed by atoms with Crippen LogP contribution in [0, 0.1) is 11.8 Å². The van der Waals surface area contributed by atoms with Crippen molar-refractivity contribution in [3.8, 4) is 0 Å². The fourth-order valence-corrected chi connectivity index (χ4v) is 4.92. The van der Waals surface area contributed by atoms with Crippen LogP contribution in [-0.4, -0.2) is 17.5 Å². The molecule has 0 bridgehead atoms. The van der Waals surface area contributed by atoms with Gasteiger partial charge in [-0.1, -0.05) is 56.0 Å². The highest BCUT2D eigenvalue weighted by Crippen LogP contribution is 2.51. The molecule has 0 radical (unpaired) electrons. The third-order valence-electron chi connectivity index (χ3n) is 5.95. The van der Waals surface area contributed by atoms with Gasteiger partial charge in [0.25, 0.3) is 5.91 Å². The molecule has 3 amide bonds. The molecule has 1 aliphatic heterocycles. The normalized spacial score (nSPS) is 37.5. The monoisotopic (exact) mass is 298 g/mol. The van der Waals surface area contributed by atoms with Crippen molar-refractivity contribution in [2.24, 2.45) is 11.8 Å². The average molecular weight is 298 g/mol. The van der Waals surface area contributed by atoms with Crippen molar-refractivity contribution in [3.05, 3.63) is 35.9 Å². The Hall–Kier alpha value is -1.84. The van der Waals surface area contributed by atoms with Crippen molar-refractivity contribution in [1.29, 1.82) is 0 Å². The quantitative estimate of drug-likeness (QED) is 0.783. The van der Waals surface area contributed by atoms with Crippen molar-refractivity contribution in [2.45, 2.75) is 50.0 Å². The fraction of sp³-hybridized carbons (Fsp3) is 0.556. The summed E-state index contributed by atoms with van der Waals surface area (Å²) in [6, 6.07) is 9.88. The Balaban J connectivity index is 1.75. The molecule has 3 fully saturated rings. The maximum Gasteiger partial charge on any atom is 0.322 e. The molecule has 2 saturated carbocycles. The Morgan fingerprint density at radius 1 is 1.00 bits per heavy atom. The third kappa shape index (κ3) is 2.04. The van der Waals surface area contributed by atoms with Crippen LogP contribution in [0.1, 0.15) is 50.0 Å². The van der Waals surface area contributed by atoms with Crippen LogP contribution in [0.15, 0.2) is 30.3 Å². The zero-order chi connectivity index (χ0) is 15.2. The van der Waals surface area contributed by atoms with Crippen LogP contribution in [0.2, 0.25) is 0 Å². The van der Waals surface area contributed by atoms with Crippen LogP contribution in [0.25, 0.3) is 0 Å².